The van der Waals surface area contributed by atoms with Gasteiger partial charge in [0.1, 0.15) is 5.75 Å². The van der Waals surface area contributed by atoms with Crippen molar-refractivity contribution in [2.75, 3.05) is 7.11 Å². The van der Waals surface area contributed by atoms with E-state index in [4.69, 9.17) is 10.5 Å². The Bertz CT molecular complexity index is 338. The quantitative estimate of drug-likeness (QED) is 0.820. The molecule has 2 nitrogen and oxygen atoms in total. The van der Waals surface area contributed by atoms with Crippen molar-refractivity contribution < 1.29 is 4.74 Å². The third-order valence-corrected chi connectivity index (χ3v) is 2.97. The summed E-state index contributed by atoms with van der Waals surface area (Å²) < 4.78 is 6.37. The standard InChI is InChI=1S/C10H12BrNO/c1-13-9-5-7(11)4-6-2-3-8(12)10(6)9/h4-5,8H,2-3,12H2,1H3. The molecular formula is C10H12BrNO. The minimum Gasteiger partial charge on any atom is -0.496 e. The lowest BCUT2D eigenvalue weighted by Gasteiger charge is -2.11. The van der Waals surface area contributed by atoms with Crippen LogP contribution in [0.4, 0.5) is 0 Å². The van der Waals surface area contributed by atoms with E-state index in [0.717, 1.165) is 23.1 Å². The molecule has 1 aromatic carbocycles. The third-order valence-electron chi connectivity index (χ3n) is 2.51. The molecule has 3 heteroatoms. The van der Waals surface area contributed by atoms with Gasteiger partial charge in [-0.3, -0.25) is 0 Å². The van der Waals surface area contributed by atoms with Gasteiger partial charge in [-0.1, -0.05) is 15.9 Å². The van der Waals surface area contributed by atoms with Crippen molar-refractivity contribution >= 4 is 15.9 Å². The normalized spacial score (nSPS) is 20.1. The molecule has 1 aliphatic rings. The maximum Gasteiger partial charge on any atom is 0.125 e. The lowest BCUT2D eigenvalue weighted by atomic mass is 10.1. The van der Waals surface area contributed by atoms with Crippen molar-refractivity contribution in [2.24, 2.45) is 5.73 Å². The van der Waals surface area contributed by atoms with Crippen LogP contribution < -0.4 is 10.5 Å². The minimum atomic E-state index is 0.151. The number of aryl methyl sites for hydroxylation is 1. The van der Waals surface area contributed by atoms with Gasteiger partial charge in [0.05, 0.1) is 7.11 Å². The second-order valence-electron chi connectivity index (χ2n) is 3.33. The number of halogens is 1. The largest absolute Gasteiger partial charge is 0.496 e. The fourth-order valence-corrected chi connectivity index (χ4v) is 2.38. The van der Waals surface area contributed by atoms with Gasteiger partial charge in [0.2, 0.25) is 0 Å². The molecule has 2 rings (SSSR count). The average Bonchev–Trinajstić information content (AvgIpc) is 2.46. The van der Waals surface area contributed by atoms with Gasteiger partial charge >= 0.3 is 0 Å². The molecule has 2 N–H and O–H groups in total. The third kappa shape index (κ3) is 1.46. The molecule has 1 aliphatic carbocycles. The van der Waals surface area contributed by atoms with Crippen LogP contribution in [0.15, 0.2) is 16.6 Å². The predicted molar refractivity (Wildman–Crippen MR) is 55.9 cm³/mol. The Kier molecular flexibility index (Phi) is 2.30. The van der Waals surface area contributed by atoms with Crippen LogP contribution in [-0.2, 0) is 6.42 Å². The average molecular weight is 242 g/mol. The summed E-state index contributed by atoms with van der Waals surface area (Å²) in [6.07, 6.45) is 2.09. The summed E-state index contributed by atoms with van der Waals surface area (Å²) in [5.41, 5.74) is 8.48. The van der Waals surface area contributed by atoms with Crippen LogP contribution in [0.5, 0.6) is 5.75 Å². The first kappa shape index (κ1) is 9.03. The monoisotopic (exact) mass is 241 g/mol. The highest BCUT2D eigenvalue weighted by Crippen LogP contribution is 2.38. The van der Waals surface area contributed by atoms with E-state index >= 15 is 0 Å². The number of ether oxygens (including phenoxy) is 1. The smallest absolute Gasteiger partial charge is 0.125 e. The molecule has 0 amide bonds. The fourth-order valence-electron chi connectivity index (χ4n) is 1.90. The molecule has 0 aromatic heterocycles. The Morgan fingerprint density at radius 2 is 2.31 bits per heavy atom. The van der Waals surface area contributed by atoms with Crippen LogP contribution in [0.1, 0.15) is 23.6 Å². The van der Waals surface area contributed by atoms with Gasteiger partial charge < -0.3 is 10.5 Å². The summed E-state index contributed by atoms with van der Waals surface area (Å²) in [4.78, 5) is 0. The molecule has 1 unspecified atom stereocenters. The first-order chi connectivity index (χ1) is 6.22. The Labute approximate surface area is 86.2 Å². The molecule has 0 radical (unpaired) electrons. The number of fused-ring (bicyclic) bond motifs is 1. The van der Waals surface area contributed by atoms with Crippen LogP contribution in [0, 0.1) is 0 Å². The maximum absolute atomic E-state index is 5.98. The first-order valence-electron chi connectivity index (χ1n) is 4.34. The van der Waals surface area contributed by atoms with E-state index in [1.165, 1.54) is 11.1 Å². The van der Waals surface area contributed by atoms with E-state index in [1.54, 1.807) is 7.11 Å². The topological polar surface area (TPSA) is 35.2 Å². The molecule has 70 valence electrons. The van der Waals surface area contributed by atoms with Crippen molar-refractivity contribution in [1.82, 2.24) is 0 Å². The SMILES string of the molecule is COc1cc(Br)cc2c1C(N)CC2. The molecule has 0 saturated carbocycles. The van der Waals surface area contributed by atoms with Crippen molar-refractivity contribution in [3.8, 4) is 5.75 Å². The highest BCUT2D eigenvalue weighted by molar-refractivity contribution is 9.10. The summed E-state index contributed by atoms with van der Waals surface area (Å²) in [7, 11) is 1.69. The second kappa shape index (κ2) is 3.31. The van der Waals surface area contributed by atoms with E-state index in [1.807, 2.05) is 6.07 Å². The van der Waals surface area contributed by atoms with Gasteiger partial charge in [0, 0.05) is 16.1 Å². The van der Waals surface area contributed by atoms with Gasteiger partial charge in [-0.2, -0.15) is 0 Å². The zero-order valence-electron chi connectivity index (χ0n) is 7.51. The molecule has 0 fully saturated rings. The van der Waals surface area contributed by atoms with E-state index in [0.29, 0.717) is 0 Å². The van der Waals surface area contributed by atoms with E-state index in [-0.39, 0.29) is 6.04 Å². The van der Waals surface area contributed by atoms with Crippen molar-refractivity contribution in [3.05, 3.63) is 27.7 Å². The van der Waals surface area contributed by atoms with Crippen molar-refractivity contribution in [3.63, 3.8) is 0 Å². The van der Waals surface area contributed by atoms with E-state index in [2.05, 4.69) is 22.0 Å². The lowest BCUT2D eigenvalue weighted by molar-refractivity contribution is 0.406. The zero-order chi connectivity index (χ0) is 9.42. The van der Waals surface area contributed by atoms with Gasteiger partial charge in [0.15, 0.2) is 0 Å². The molecule has 0 aliphatic heterocycles. The number of nitrogens with two attached hydrogens (primary N) is 1. The summed E-state index contributed by atoms with van der Waals surface area (Å²) >= 11 is 3.46. The van der Waals surface area contributed by atoms with Gasteiger partial charge in [-0.25, -0.2) is 0 Å². The molecule has 0 spiro atoms. The highest BCUT2D eigenvalue weighted by atomic mass is 79.9. The Hall–Kier alpha value is -0.540. The molecule has 0 heterocycles. The summed E-state index contributed by atoms with van der Waals surface area (Å²) in [5.74, 6) is 0.911. The Balaban J connectivity index is 2.57. The van der Waals surface area contributed by atoms with Crippen LogP contribution in [0.25, 0.3) is 0 Å². The second-order valence-corrected chi connectivity index (χ2v) is 4.24. The van der Waals surface area contributed by atoms with Gasteiger partial charge in [0.25, 0.3) is 0 Å². The van der Waals surface area contributed by atoms with E-state index < -0.39 is 0 Å². The number of hydrogen-bond acceptors (Lipinski definition) is 2. The summed E-state index contributed by atoms with van der Waals surface area (Å²) in [6, 6.07) is 4.26. The number of hydrogen-bond donors (Lipinski definition) is 1. The lowest BCUT2D eigenvalue weighted by Crippen LogP contribution is -2.06. The molecule has 13 heavy (non-hydrogen) atoms. The number of methoxy groups -OCH3 is 1. The molecule has 1 aromatic rings. The molecular weight excluding hydrogens is 230 g/mol. The maximum atomic E-state index is 5.98. The molecule has 1 atom stereocenters. The Morgan fingerprint density at radius 3 is 3.00 bits per heavy atom. The molecule has 0 bridgehead atoms. The molecule has 0 saturated heterocycles. The van der Waals surface area contributed by atoms with Crippen LogP contribution >= 0.6 is 15.9 Å². The van der Waals surface area contributed by atoms with Crippen LogP contribution in [0.2, 0.25) is 0 Å². The Morgan fingerprint density at radius 1 is 1.54 bits per heavy atom. The first-order valence-corrected chi connectivity index (χ1v) is 5.13. The zero-order valence-corrected chi connectivity index (χ0v) is 9.10. The minimum absolute atomic E-state index is 0.151. The number of rotatable bonds is 1. The summed E-state index contributed by atoms with van der Waals surface area (Å²) in [5, 5.41) is 0. The van der Waals surface area contributed by atoms with Crippen molar-refractivity contribution in [1.29, 1.82) is 0 Å². The van der Waals surface area contributed by atoms with Gasteiger partial charge in [-0.05, 0) is 30.5 Å². The number of benzene rings is 1. The van der Waals surface area contributed by atoms with E-state index in [9.17, 15) is 0 Å². The van der Waals surface area contributed by atoms with Crippen LogP contribution in [-0.4, -0.2) is 7.11 Å². The fraction of sp³-hybridized carbons (Fsp3) is 0.400. The van der Waals surface area contributed by atoms with Gasteiger partial charge in [-0.15, -0.1) is 0 Å². The highest BCUT2D eigenvalue weighted by Gasteiger charge is 2.23. The summed E-state index contributed by atoms with van der Waals surface area (Å²) in [6.45, 7) is 0. The van der Waals surface area contributed by atoms with Crippen molar-refractivity contribution in [2.45, 2.75) is 18.9 Å². The van der Waals surface area contributed by atoms with Crippen LogP contribution in [0.3, 0.4) is 0 Å². The predicted octanol–water partition coefficient (Wildman–Crippen LogP) is 2.40.